The van der Waals surface area contributed by atoms with E-state index in [2.05, 4.69) is 0 Å². The fourth-order valence-electron chi connectivity index (χ4n) is 3.98. The summed E-state index contributed by atoms with van der Waals surface area (Å²) in [5.41, 5.74) is 2.60. The molecule has 0 saturated heterocycles. The maximum absolute atomic E-state index is 13.2. The summed E-state index contributed by atoms with van der Waals surface area (Å²) in [6.45, 7) is 3.45. The van der Waals surface area contributed by atoms with Crippen LogP contribution in [0, 0.1) is 13.8 Å². The standard InChI is InChI=1S/C27H20O7S2/c1-17-7-3-5-9-25(17)33-35(29,30)19-11-13-21-22-14-12-20(16-24(22)27(28)23(21)15-19)36(31,32)34-26-10-6-4-8-18(26)2/h3-16H,1-2H3. The highest BCUT2D eigenvalue weighted by Gasteiger charge is 2.31. The molecule has 0 unspecified atom stereocenters. The van der Waals surface area contributed by atoms with Gasteiger partial charge in [-0.2, -0.15) is 16.8 Å². The number of rotatable bonds is 6. The van der Waals surface area contributed by atoms with Crippen LogP contribution in [0.25, 0.3) is 11.1 Å². The van der Waals surface area contributed by atoms with Crippen LogP contribution in [0.15, 0.2) is 94.7 Å². The van der Waals surface area contributed by atoms with Gasteiger partial charge in [-0.25, -0.2) is 0 Å². The van der Waals surface area contributed by atoms with Gasteiger partial charge in [0, 0.05) is 11.1 Å². The number of para-hydroxylation sites is 2. The fourth-order valence-corrected chi connectivity index (χ4v) is 6.01. The minimum Gasteiger partial charge on any atom is -0.379 e. The Kier molecular flexibility index (Phi) is 5.69. The van der Waals surface area contributed by atoms with Crippen LogP contribution < -0.4 is 8.37 Å². The lowest BCUT2D eigenvalue weighted by Crippen LogP contribution is -2.12. The van der Waals surface area contributed by atoms with Crippen molar-refractivity contribution < 1.29 is 30.0 Å². The first-order valence-corrected chi connectivity index (χ1v) is 13.7. The van der Waals surface area contributed by atoms with Gasteiger partial charge in [-0.15, -0.1) is 0 Å². The number of carbonyl (C=O) groups excluding carboxylic acids is 1. The van der Waals surface area contributed by atoms with Gasteiger partial charge in [0.1, 0.15) is 21.3 Å². The van der Waals surface area contributed by atoms with Gasteiger partial charge in [-0.3, -0.25) is 4.79 Å². The molecule has 0 aliphatic heterocycles. The van der Waals surface area contributed by atoms with E-state index in [1.54, 1.807) is 62.4 Å². The Bertz CT molecular complexity index is 1630. The number of benzene rings is 4. The van der Waals surface area contributed by atoms with E-state index in [1.165, 1.54) is 36.4 Å². The van der Waals surface area contributed by atoms with Gasteiger partial charge in [0.2, 0.25) is 0 Å². The van der Waals surface area contributed by atoms with Crippen molar-refractivity contribution in [2.45, 2.75) is 23.6 Å². The van der Waals surface area contributed by atoms with Crippen molar-refractivity contribution >= 4 is 26.0 Å². The van der Waals surface area contributed by atoms with Crippen LogP contribution in [0.4, 0.5) is 0 Å². The average molecular weight is 521 g/mol. The number of fused-ring (bicyclic) bond motifs is 3. The molecule has 182 valence electrons. The van der Waals surface area contributed by atoms with Gasteiger partial charge in [0.15, 0.2) is 5.78 Å². The molecule has 0 N–H and O–H groups in total. The summed E-state index contributed by atoms with van der Waals surface area (Å²) in [5.74, 6) is -0.104. The van der Waals surface area contributed by atoms with Crippen molar-refractivity contribution in [1.29, 1.82) is 0 Å². The summed E-state index contributed by atoms with van der Waals surface area (Å²) in [6, 6.07) is 21.7. The van der Waals surface area contributed by atoms with Crippen molar-refractivity contribution in [2.24, 2.45) is 0 Å². The van der Waals surface area contributed by atoms with Gasteiger partial charge in [-0.1, -0.05) is 48.5 Å². The summed E-state index contributed by atoms with van der Waals surface area (Å²) in [6.07, 6.45) is 0. The van der Waals surface area contributed by atoms with Gasteiger partial charge in [0.25, 0.3) is 0 Å². The van der Waals surface area contributed by atoms with Crippen molar-refractivity contribution in [2.75, 3.05) is 0 Å². The lowest BCUT2D eigenvalue weighted by Gasteiger charge is -2.10. The summed E-state index contributed by atoms with van der Waals surface area (Å²) in [7, 11) is -8.41. The normalized spacial score (nSPS) is 12.7. The molecule has 9 heteroatoms. The Morgan fingerprint density at radius 1 is 0.528 bits per heavy atom. The zero-order valence-electron chi connectivity index (χ0n) is 19.3. The van der Waals surface area contributed by atoms with Crippen LogP contribution in [0.2, 0.25) is 0 Å². The Labute approximate surface area is 209 Å². The Hall–Kier alpha value is -3.95. The molecule has 4 aromatic carbocycles. The Morgan fingerprint density at radius 2 is 0.917 bits per heavy atom. The van der Waals surface area contributed by atoms with E-state index in [4.69, 9.17) is 8.37 Å². The van der Waals surface area contributed by atoms with E-state index in [-0.39, 0.29) is 32.4 Å². The number of hydrogen-bond donors (Lipinski definition) is 0. The molecule has 0 spiro atoms. The minimum atomic E-state index is -4.21. The minimum absolute atomic E-state index is 0.147. The molecule has 0 atom stereocenters. The van der Waals surface area contributed by atoms with E-state index >= 15 is 0 Å². The third-order valence-electron chi connectivity index (χ3n) is 5.93. The number of carbonyl (C=O) groups is 1. The lowest BCUT2D eigenvalue weighted by molar-refractivity contribution is 0.104. The molecule has 7 nitrogen and oxygen atoms in total. The third-order valence-corrected chi connectivity index (χ3v) is 8.39. The molecule has 0 amide bonds. The van der Waals surface area contributed by atoms with E-state index in [0.29, 0.717) is 22.3 Å². The molecular weight excluding hydrogens is 500 g/mol. The average Bonchev–Trinajstić information content (AvgIpc) is 3.13. The first-order chi connectivity index (χ1) is 17.1. The number of ketones is 1. The predicted octanol–water partition coefficient (Wildman–Crippen LogP) is 5.05. The highest BCUT2D eigenvalue weighted by molar-refractivity contribution is 7.87. The van der Waals surface area contributed by atoms with Gasteiger partial charge in [0.05, 0.1) is 0 Å². The van der Waals surface area contributed by atoms with Gasteiger partial charge >= 0.3 is 20.2 Å². The molecule has 0 bridgehead atoms. The molecule has 0 fully saturated rings. The van der Waals surface area contributed by atoms with E-state index in [9.17, 15) is 21.6 Å². The van der Waals surface area contributed by atoms with Crippen LogP contribution in [-0.4, -0.2) is 22.6 Å². The zero-order chi connectivity index (χ0) is 25.7. The summed E-state index contributed by atoms with van der Waals surface area (Å²) in [5, 5.41) is 0. The molecule has 1 aliphatic carbocycles. The monoisotopic (exact) mass is 520 g/mol. The fraction of sp³-hybridized carbons (Fsp3) is 0.0741. The van der Waals surface area contributed by atoms with Crippen LogP contribution in [0.3, 0.4) is 0 Å². The van der Waals surface area contributed by atoms with Crippen molar-refractivity contribution in [3.05, 3.63) is 107 Å². The van der Waals surface area contributed by atoms with Gasteiger partial charge in [-0.05, 0) is 72.5 Å². The van der Waals surface area contributed by atoms with E-state index in [1.807, 2.05) is 0 Å². The van der Waals surface area contributed by atoms with Crippen LogP contribution in [0.1, 0.15) is 27.0 Å². The number of aryl methyl sites for hydroxylation is 2. The Balaban J connectivity index is 1.48. The zero-order valence-corrected chi connectivity index (χ0v) is 20.9. The summed E-state index contributed by atoms with van der Waals surface area (Å²) >= 11 is 0. The molecule has 1 aliphatic rings. The molecule has 0 aromatic heterocycles. The first-order valence-electron chi connectivity index (χ1n) is 10.9. The lowest BCUT2D eigenvalue weighted by atomic mass is 10.1. The Morgan fingerprint density at radius 3 is 1.31 bits per heavy atom. The van der Waals surface area contributed by atoms with Crippen LogP contribution in [0.5, 0.6) is 11.5 Å². The van der Waals surface area contributed by atoms with Crippen LogP contribution in [-0.2, 0) is 20.2 Å². The predicted molar refractivity (Wildman–Crippen MR) is 133 cm³/mol. The van der Waals surface area contributed by atoms with Crippen molar-refractivity contribution in [3.8, 4) is 22.6 Å². The first kappa shape index (κ1) is 23.8. The maximum atomic E-state index is 13.2. The maximum Gasteiger partial charge on any atom is 0.339 e. The topological polar surface area (TPSA) is 104 Å². The molecular formula is C27H20O7S2. The highest BCUT2D eigenvalue weighted by Crippen LogP contribution is 2.39. The smallest absolute Gasteiger partial charge is 0.339 e. The van der Waals surface area contributed by atoms with Crippen LogP contribution >= 0.6 is 0 Å². The quantitative estimate of drug-likeness (QED) is 0.289. The van der Waals surface area contributed by atoms with Gasteiger partial charge < -0.3 is 8.37 Å². The second kappa shape index (κ2) is 8.61. The van der Waals surface area contributed by atoms with Crippen molar-refractivity contribution in [3.63, 3.8) is 0 Å². The SMILES string of the molecule is Cc1ccccc1OS(=O)(=O)c1ccc2c(c1)C(=O)c1cc(S(=O)(=O)Oc3ccccc3C)ccc1-2. The molecule has 0 saturated carbocycles. The second-order valence-electron chi connectivity index (χ2n) is 8.35. The second-order valence-corrected chi connectivity index (χ2v) is 11.4. The summed E-state index contributed by atoms with van der Waals surface area (Å²) in [4.78, 5) is 12.8. The molecule has 5 rings (SSSR count). The van der Waals surface area contributed by atoms with E-state index in [0.717, 1.165) is 0 Å². The molecule has 36 heavy (non-hydrogen) atoms. The molecule has 4 aromatic rings. The highest BCUT2D eigenvalue weighted by atomic mass is 32.2. The van der Waals surface area contributed by atoms with E-state index < -0.39 is 26.0 Å². The number of hydrogen-bond acceptors (Lipinski definition) is 7. The largest absolute Gasteiger partial charge is 0.379 e. The molecule has 0 radical (unpaired) electrons. The summed E-state index contributed by atoms with van der Waals surface area (Å²) < 4.78 is 62.1. The third kappa shape index (κ3) is 4.16. The van der Waals surface area contributed by atoms with Crippen molar-refractivity contribution in [1.82, 2.24) is 0 Å². The molecule has 0 heterocycles.